The van der Waals surface area contributed by atoms with Crippen LogP contribution >= 0.6 is 0 Å². The zero-order valence-electron chi connectivity index (χ0n) is 10.8. The number of nitrogens with zero attached hydrogens (tertiary/aromatic N) is 1. The van der Waals surface area contributed by atoms with Gasteiger partial charge in [0.1, 0.15) is 5.82 Å². The molecule has 1 heterocycles. The van der Waals surface area contributed by atoms with Gasteiger partial charge in [-0.05, 0) is 25.5 Å². The molecule has 0 aliphatic carbocycles. The van der Waals surface area contributed by atoms with Gasteiger partial charge in [-0.2, -0.15) is 0 Å². The average Bonchev–Trinajstić information content (AvgIpc) is 2.37. The van der Waals surface area contributed by atoms with Crippen molar-refractivity contribution in [3.8, 4) is 11.3 Å². The summed E-state index contributed by atoms with van der Waals surface area (Å²) in [6, 6.07) is 3.85. The number of benzene rings is 1. The van der Waals surface area contributed by atoms with E-state index < -0.39 is 11.6 Å². The van der Waals surface area contributed by atoms with E-state index in [1.807, 2.05) is 6.92 Å². The number of aromatic nitrogens is 2. The van der Waals surface area contributed by atoms with Crippen molar-refractivity contribution in [2.24, 2.45) is 0 Å². The van der Waals surface area contributed by atoms with Crippen LogP contribution < -0.4 is 5.56 Å². The Labute approximate surface area is 109 Å². The van der Waals surface area contributed by atoms with Crippen molar-refractivity contribution in [3.63, 3.8) is 0 Å². The lowest BCUT2D eigenvalue weighted by atomic mass is 10.1. The maximum atomic E-state index is 13.8. The molecule has 1 aromatic carbocycles. The molecule has 2 rings (SSSR count). The minimum absolute atomic E-state index is 0.0148. The molecule has 2 aromatic rings. The molecule has 0 spiro atoms. The van der Waals surface area contributed by atoms with Gasteiger partial charge in [0.25, 0.3) is 5.56 Å². The van der Waals surface area contributed by atoms with Crippen LogP contribution in [-0.4, -0.2) is 9.97 Å². The van der Waals surface area contributed by atoms with E-state index in [2.05, 4.69) is 9.97 Å². The Morgan fingerprint density at radius 1 is 1.32 bits per heavy atom. The molecule has 100 valence electrons. The van der Waals surface area contributed by atoms with Gasteiger partial charge in [-0.1, -0.05) is 13.0 Å². The zero-order chi connectivity index (χ0) is 14.0. The van der Waals surface area contributed by atoms with Crippen molar-refractivity contribution in [2.75, 3.05) is 0 Å². The highest BCUT2D eigenvalue weighted by molar-refractivity contribution is 5.63. The molecule has 19 heavy (non-hydrogen) atoms. The van der Waals surface area contributed by atoms with Crippen molar-refractivity contribution in [2.45, 2.75) is 26.7 Å². The van der Waals surface area contributed by atoms with Crippen LogP contribution in [0.25, 0.3) is 11.3 Å². The minimum atomic E-state index is -0.980. The van der Waals surface area contributed by atoms with Crippen molar-refractivity contribution >= 4 is 0 Å². The van der Waals surface area contributed by atoms with Crippen LogP contribution in [0, 0.1) is 18.6 Å². The van der Waals surface area contributed by atoms with E-state index in [4.69, 9.17) is 0 Å². The van der Waals surface area contributed by atoms with Crippen LogP contribution in [0.3, 0.4) is 0 Å². The molecule has 0 unspecified atom stereocenters. The quantitative estimate of drug-likeness (QED) is 0.926. The summed E-state index contributed by atoms with van der Waals surface area (Å²) < 4.78 is 27.0. The fourth-order valence-corrected chi connectivity index (χ4v) is 1.88. The first-order chi connectivity index (χ1) is 9.04. The molecule has 3 nitrogen and oxygen atoms in total. The predicted molar refractivity (Wildman–Crippen MR) is 68.9 cm³/mol. The number of hydrogen-bond acceptors (Lipinski definition) is 2. The SMILES string of the molecule is CCCc1nc(-c2cccc(F)c2F)c(C)c(=O)[nH]1. The van der Waals surface area contributed by atoms with Crippen molar-refractivity contribution in [3.05, 3.63) is 51.6 Å². The number of aromatic amines is 1. The highest BCUT2D eigenvalue weighted by Gasteiger charge is 2.15. The Hall–Kier alpha value is -2.04. The fraction of sp³-hybridized carbons (Fsp3) is 0.286. The summed E-state index contributed by atoms with van der Waals surface area (Å²) in [5.74, 6) is -1.45. The number of nitrogens with one attached hydrogen (secondary N) is 1. The maximum absolute atomic E-state index is 13.8. The smallest absolute Gasteiger partial charge is 0.254 e. The third-order valence-electron chi connectivity index (χ3n) is 2.89. The molecule has 1 N–H and O–H groups in total. The first-order valence-corrected chi connectivity index (χ1v) is 6.08. The molecule has 0 saturated heterocycles. The molecule has 0 radical (unpaired) electrons. The predicted octanol–water partition coefficient (Wildman–Crippen LogP) is 2.98. The zero-order valence-corrected chi connectivity index (χ0v) is 10.8. The second-order valence-corrected chi connectivity index (χ2v) is 4.34. The summed E-state index contributed by atoms with van der Waals surface area (Å²) in [7, 11) is 0. The lowest BCUT2D eigenvalue weighted by molar-refractivity contribution is 0.510. The summed E-state index contributed by atoms with van der Waals surface area (Å²) >= 11 is 0. The molecule has 0 bridgehead atoms. The van der Waals surface area contributed by atoms with Gasteiger partial charge in [-0.25, -0.2) is 13.8 Å². The lowest BCUT2D eigenvalue weighted by Crippen LogP contribution is -2.16. The number of H-pyrrole nitrogens is 1. The first-order valence-electron chi connectivity index (χ1n) is 6.08. The largest absolute Gasteiger partial charge is 0.310 e. The van der Waals surface area contributed by atoms with E-state index in [9.17, 15) is 13.6 Å². The second-order valence-electron chi connectivity index (χ2n) is 4.34. The minimum Gasteiger partial charge on any atom is -0.310 e. The molecule has 0 atom stereocenters. The van der Waals surface area contributed by atoms with Crippen LogP contribution in [-0.2, 0) is 6.42 Å². The summed E-state index contributed by atoms with van der Waals surface area (Å²) in [5, 5.41) is 0. The van der Waals surface area contributed by atoms with E-state index in [0.717, 1.165) is 12.5 Å². The lowest BCUT2D eigenvalue weighted by Gasteiger charge is -2.08. The van der Waals surface area contributed by atoms with Crippen molar-refractivity contribution in [1.82, 2.24) is 9.97 Å². The Bertz CT molecular complexity index is 665. The van der Waals surface area contributed by atoms with E-state index in [0.29, 0.717) is 12.2 Å². The van der Waals surface area contributed by atoms with Gasteiger partial charge in [0.2, 0.25) is 0 Å². The van der Waals surface area contributed by atoms with Crippen LogP contribution in [0.4, 0.5) is 8.78 Å². The molecule has 0 amide bonds. The van der Waals surface area contributed by atoms with E-state index in [1.54, 1.807) is 6.92 Å². The summed E-state index contributed by atoms with van der Waals surface area (Å²) in [5.41, 5.74) is 0.173. The molecular weight excluding hydrogens is 250 g/mol. The standard InChI is InChI=1S/C14H14F2N2O/c1-3-5-11-17-13(8(2)14(19)18-11)9-6-4-7-10(15)12(9)16/h4,6-7H,3,5H2,1-2H3,(H,17,18,19). The number of halogens is 2. The number of rotatable bonds is 3. The monoisotopic (exact) mass is 264 g/mol. The van der Waals surface area contributed by atoms with Crippen molar-refractivity contribution < 1.29 is 8.78 Å². The Morgan fingerprint density at radius 2 is 2.05 bits per heavy atom. The third-order valence-corrected chi connectivity index (χ3v) is 2.89. The molecule has 0 aliphatic heterocycles. The number of aryl methyl sites for hydroxylation is 1. The highest BCUT2D eigenvalue weighted by Crippen LogP contribution is 2.24. The van der Waals surface area contributed by atoms with E-state index >= 15 is 0 Å². The molecule has 1 aromatic heterocycles. The van der Waals surface area contributed by atoms with Gasteiger partial charge in [-0.15, -0.1) is 0 Å². The molecular formula is C14H14F2N2O. The second kappa shape index (κ2) is 5.30. The topological polar surface area (TPSA) is 45.8 Å². The normalized spacial score (nSPS) is 10.7. The molecule has 0 saturated carbocycles. The summed E-state index contributed by atoms with van der Waals surface area (Å²) in [6.07, 6.45) is 1.39. The van der Waals surface area contributed by atoms with Crippen LogP contribution in [0.5, 0.6) is 0 Å². The van der Waals surface area contributed by atoms with Crippen LogP contribution in [0.1, 0.15) is 24.7 Å². The first kappa shape index (κ1) is 13.4. The molecule has 0 aliphatic rings. The van der Waals surface area contributed by atoms with Crippen molar-refractivity contribution in [1.29, 1.82) is 0 Å². The number of hydrogen-bond donors (Lipinski definition) is 1. The highest BCUT2D eigenvalue weighted by atomic mass is 19.2. The summed E-state index contributed by atoms with van der Waals surface area (Å²) in [6.45, 7) is 3.49. The summed E-state index contributed by atoms with van der Waals surface area (Å²) in [4.78, 5) is 18.7. The van der Waals surface area contributed by atoms with Gasteiger partial charge in [0, 0.05) is 17.5 Å². The maximum Gasteiger partial charge on any atom is 0.254 e. The van der Waals surface area contributed by atoms with E-state index in [-0.39, 0.29) is 22.4 Å². The van der Waals surface area contributed by atoms with Crippen LogP contribution in [0.15, 0.2) is 23.0 Å². The van der Waals surface area contributed by atoms with Gasteiger partial charge >= 0.3 is 0 Å². The van der Waals surface area contributed by atoms with Gasteiger partial charge < -0.3 is 4.98 Å². The van der Waals surface area contributed by atoms with Crippen LogP contribution in [0.2, 0.25) is 0 Å². The molecule has 5 heteroatoms. The third kappa shape index (κ3) is 2.54. The Balaban J connectivity index is 2.67. The van der Waals surface area contributed by atoms with Gasteiger partial charge in [0.05, 0.1) is 5.69 Å². The van der Waals surface area contributed by atoms with Gasteiger partial charge in [-0.3, -0.25) is 4.79 Å². The van der Waals surface area contributed by atoms with E-state index in [1.165, 1.54) is 12.1 Å². The molecule has 0 fully saturated rings. The Kier molecular flexibility index (Phi) is 3.74. The average molecular weight is 264 g/mol. The fourth-order valence-electron chi connectivity index (χ4n) is 1.88. The van der Waals surface area contributed by atoms with Gasteiger partial charge in [0.15, 0.2) is 11.6 Å². The Morgan fingerprint density at radius 3 is 2.74 bits per heavy atom.